The van der Waals surface area contributed by atoms with E-state index in [1.54, 1.807) is 0 Å². The maximum Gasteiger partial charge on any atom is 0.138 e. The molecule has 0 amide bonds. The molecule has 0 unspecified atom stereocenters. The Balaban J connectivity index is 2.08. The molecule has 9 nitrogen and oxygen atoms in total. The van der Waals surface area contributed by atoms with Gasteiger partial charge < -0.3 is 14.7 Å². The van der Waals surface area contributed by atoms with Crippen LogP contribution in [0.1, 0.15) is 38.5 Å². The Bertz CT molecular complexity index is 834. The van der Waals surface area contributed by atoms with Crippen molar-refractivity contribution >= 4 is 17.0 Å². The summed E-state index contributed by atoms with van der Waals surface area (Å²) < 4.78 is 0. The van der Waals surface area contributed by atoms with Gasteiger partial charge in [-0.2, -0.15) is 0 Å². The van der Waals surface area contributed by atoms with Gasteiger partial charge in [-0.05, 0) is 128 Å². The summed E-state index contributed by atoms with van der Waals surface area (Å²) in [6, 6.07) is 10.3. The zero-order valence-corrected chi connectivity index (χ0v) is 21.4. The Kier molecular flexibility index (Phi) is 11.5. The van der Waals surface area contributed by atoms with Crippen LogP contribution in [0.5, 0.6) is 0 Å². The molecule has 0 aliphatic heterocycles. The fourth-order valence-electron chi connectivity index (χ4n) is 4.12. The molecule has 0 radical (unpaired) electrons. The average Bonchev–Trinajstić information content (AvgIpc) is 3.16. The fourth-order valence-corrected chi connectivity index (χ4v) is 4.12. The summed E-state index contributed by atoms with van der Waals surface area (Å²) in [6.07, 6.45) is 6.91. The lowest BCUT2D eigenvalue weighted by Gasteiger charge is -2.34. The van der Waals surface area contributed by atoms with Crippen molar-refractivity contribution < 1.29 is 4.94 Å². The molecule has 9 heteroatoms. The summed E-state index contributed by atoms with van der Waals surface area (Å²) in [4.78, 5) is 18.0. The molecule has 0 saturated heterocycles. The highest BCUT2D eigenvalue weighted by atomic mass is 16.8. The highest BCUT2D eigenvalue weighted by Crippen LogP contribution is 2.36. The van der Waals surface area contributed by atoms with Crippen molar-refractivity contribution in [1.29, 1.82) is 0 Å². The molecule has 184 valence electrons. The first-order chi connectivity index (χ1) is 15.8. The number of aliphatic imine (C=N–C) groups is 1. The largest absolute Gasteiger partial charge is 0.309 e. The molecule has 0 aliphatic rings. The minimum absolute atomic E-state index is 0.143. The van der Waals surface area contributed by atoms with E-state index in [0.717, 1.165) is 69.2 Å². The summed E-state index contributed by atoms with van der Waals surface area (Å²) in [6.45, 7) is 3.96. The molecule has 0 fully saturated rings. The number of benzene rings is 1. The third-order valence-corrected chi connectivity index (χ3v) is 5.90. The minimum Gasteiger partial charge on any atom is -0.309 e. The van der Waals surface area contributed by atoms with Gasteiger partial charge in [0.25, 0.3) is 0 Å². The van der Waals surface area contributed by atoms with Crippen LogP contribution in [0.25, 0.3) is 11.0 Å². The van der Waals surface area contributed by atoms with Crippen molar-refractivity contribution in [3.8, 4) is 0 Å². The van der Waals surface area contributed by atoms with Crippen LogP contribution in [0.4, 0.5) is 0 Å². The molecule has 0 aliphatic carbocycles. The van der Waals surface area contributed by atoms with Gasteiger partial charge in [-0.3, -0.25) is 0 Å². The molecule has 33 heavy (non-hydrogen) atoms. The third-order valence-electron chi connectivity index (χ3n) is 5.90. The number of aromatic nitrogens is 3. The van der Waals surface area contributed by atoms with E-state index < -0.39 is 0 Å². The van der Waals surface area contributed by atoms with Crippen LogP contribution in [-0.2, 0) is 0 Å². The molecular weight excluding hydrogens is 416 g/mol. The smallest absolute Gasteiger partial charge is 0.138 e. The van der Waals surface area contributed by atoms with Crippen LogP contribution in [0.15, 0.2) is 34.4 Å². The highest BCUT2D eigenvalue weighted by Gasteiger charge is 2.29. The van der Waals surface area contributed by atoms with E-state index in [1.165, 1.54) is 4.85 Å². The normalized spacial score (nSPS) is 12.0. The summed E-state index contributed by atoms with van der Waals surface area (Å²) in [5.74, 6) is 0. The third kappa shape index (κ3) is 10.0. The van der Waals surface area contributed by atoms with Gasteiger partial charge >= 0.3 is 0 Å². The summed E-state index contributed by atoms with van der Waals surface area (Å²) in [7, 11) is 12.8. The second-order valence-electron chi connectivity index (χ2n) is 9.76. The van der Waals surface area contributed by atoms with E-state index in [9.17, 15) is 0 Å². The van der Waals surface area contributed by atoms with E-state index in [1.807, 2.05) is 24.3 Å². The quantitative estimate of drug-likeness (QED) is 0.284. The standard InChI is InChI=1S/C24H42N8O/c1-29(2)17-9-14-24(15-10-18-30(3)4,16-11-19-31(5)6)20-25-21-26-33-32-23-13-8-7-12-22(23)27-28-32/h7-8,12-13H,9-11,14-20H2,1-6H3. The van der Waals surface area contributed by atoms with Crippen molar-refractivity contribution in [3.05, 3.63) is 24.3 Å². The van der Waals surface area contributed by atoms with E-state index >= 15 is 0 Å². The Labute approximate surface area is 199 Å². The van der Waals surface area contributed by atoms with E-state index in [2.05, 4.69) is 83.5 Å². The predicted molar refractivity (Wildman–Crippen MR) is 135 cm³/mol. The van der Waals surface area contributed by atoms with Gasteiger partial charge in [0.05, 0.1) is 6.54 Å². The van der Waals surface area contributed by atoms with Crippen molar-refractivity contribution in [1.82, 2.24) is 29.9 Å². The average molecular weight is 459 g/mol. The van der Waals surface area contributed by atoms with Gasteiger partial charge in [0.15, 0.2) is 0 Å². The lowest BCUT2D eigenvalue weighted by Crippen LogP contribution is -2.29. The maximum atomic E-state index is 5.36. The van der Waals surface area contributed by atoms with Gasteiger partial charge in [-0.15, -0.1) is 5.10 Å². The lowest BCUT2D eigenvalue weighted by molar-refractivity contribution is 0.0957. The van der Waals surface area contributed by atoms with Crippen LogP contribution in [0.2, 0.25) is 0 Å². The molecule has 0 bridgehead atoms. The Morgan fingerprint density at radius 1 is 0.879 bits per heavy atom. The van der Waals surface area contributed by atoms with Crippen molar-refractivity contribution in [2.45, 2.75) is 38.5 Å². The van der Waals surface area contributed by atoms with Crippen molar-refractivity contribution in [3.63, 3.8) is 0 Å². The summed E-state index contributed by atoms with van der Waals surface area (Å²) in [5.41, 5.74) is 1.66. The SMILES string of the molecule is CN(C)CCCC(CCCN(C)C)(CCCN(C)C)CN=C=NOn1nnc2ccccc21. The van der Waals surface area contributed by atoms with Crippen LogP contribution in [-0.4, -0.2) is 104 Å². The predicted octanol–water partition coefficient (Wildman–Crippen LogP) is 2.96. The molecule has 1 aromatic heterocycles. The van der Waals surface area contributed by atoms with Gasteiger partial charge in [0.1, 0.15) is 17.0 Å². The Hall–Kier alpha value is -2.32. The minimum atomic E-state index is 0.143. The highest BCUT2D eigenvalue weighted by molar-refractivity contribution is 5.73. The molecule has 2 aromatic rings. The zero-order chi connectivity index (χ0) is 24.1. The first-order valence-electron chi connectivity index (χ1n) is 11.8. The van der Waals surface area contributed by atoms with Crippen LogP contribution in [0, 0.1) is 5.41 Å². The van der Waals surface area contributed by atoms with Crippen LogP contribution >= 0.6 is 0 Å². The molecule has 1 aromatic carbocycles. The Morgan fingerprint density at radius 2 is 1.42 bits per heavy atom. The topological polar surface area (TPSA) is 74.4 Å². The molecule has 2 rings (SSSR count). The van der Waals surface area contributed by atoms with Gasteiger partial charge in [-0.1, -0.05) is 12.1 Å². The first-order valence-corrected chi connectivity index (χ1v) is 11.8. The first kappa shape index (κ1) is 26.9. The summed E-state index contributed by atoms with van der Waals surface area (Å²) >= 11 is 0. The number of hydrogen-bond acceptors (Lipinski definition) is 8. The summed E-state index contributed by atoms with van der Waals surface area (Å²) in [5, 5.41) is 11.9. The lowest BCUT2D eigenvalue weighted by atomic mass is 9.75. The number of rotatable bonds is 16. The number of hydrogen-bond donors (Lipinski definition) is 0. The van der Waals surface area contributed by atoms with Gasteiger partial charge in [0.2, 0.25) is 0 Å². The monoisotopic (exact) mass is 458 g/mol. The number of para-hydroxylation sites is 1. The number of fused-ring (bicyclic) bond motifs is 1. The van der Waals surface area contributed by atoms with Gasteiger partial charge in [0, 0.05) is 5.16 Å². The maximum absolute atomic E-state index is 5.36. The molecule has 0 saturated carbocycles. The van der Waals surface area contributed by atoms with E-state index in [4.69, 9.17) is 4.94 Å². The number of nitrogens with zero attached hydrogens (tertiary/aromatic N) is 8. The van der Waals surface area contributed by atoms with Crippen molar-refractivity contribution in [2.24, 2.45) is 15.6 Å². The van der Waals surface area contributed by atoms with Crippen LogP contribution < -0.4 is 4.94 Å². The fraction of sp³-hybridized carbons (Fsp3) is 0.708. The molecule has 0 atom stereocenters. The second kappa shape index (κ2) is 14.1. The zero-order valence-electron chi connectivity index (χ0n) is 21.4. The van der Waals surface area contributed by atoms with Crippen molar-refractivity contribution in [2.75, 3.05) is 68.5 Å². The van der Waals surface area contributed by atoms with Crippen LogP contribution in [0.3, 0.4) is 0 Å². The molecule has 0 spiro atoms. The second-order valence-corrected chi connectivity index (χ2v) is 9.76. The molecule has 1 heterocycles. The molecular formula is C24H42N8O. The van der Waals surface area contributed by atoms with E-state index in [-0.39, 0.29) is 5.41 Å². The van der Waals surface area contributed by atoms with E-state index in [0.29, 0.717) is 6.54 Å². The molecule has 0 N–H and O–H groups in total. The van der Waals surface area contributed by atoms with Gasteiger partial charge in [-0.25, -0.2) is 9.93 Å². The Morgan fingerprint density at radius 3 is 1.97 bits per heavy atom.